The van der Waals surface area contributed by atoms with Crippen molar-refractivity contribution in [3.8, 4) is 0 Å². The molecule has 1 fully saturated rings. The van der Waals surface area contributed by atoms with Gasteiger partial charge in [-0.3, -0.25) is 4.68 Å². The molecule has 29 heavy (non-hydrogen) atoms. The average molecular weight is 512 g/mol. The summed E-state index contributed by atoms with van der Waals surface area (Å²) in [5.41, 5.74) is 3.55. The third kappa shape index (κ3) is 6.88. The quantitative estimate of drug-likeness (QED) is 0.302. The summed E-state index contributed by atoms with van der Waals surface area (Å²) in [7, 11) is 1.94. The molecule has 0 atom stereocenters. The molecular weight excluding hydrogens is 479 g/mol. The summed E-state index contributed by atoms with van der Waals surface area (Å²) in [4.78, 5) is 7.10. The van der Waals surface area contributed by atoms with E-state index in [2.05, 4.69) is 51.8 Å². The zero-order valence-electron chi connectivity index (χ0n) is 17.3. The van der Waals surface area contributed by atoms with Crippen molar-refractivity contribution >= 4 is 35.6 Å². The number of nitrogens with one attached hydrogen (secondary N) is 2. The molecule has 1 aliphatic heterocycles. The molecule has 0 radical (unpaired) electrons. The van der Waals surface area contributed by atoms with Crippen molar-refractivity contribution in [3.05, 3.63) is 47.8 Å². The fourth-order valence-corrected chi connectivity index (χ4v) is 3.45. The van der Waals surface area contributed by atoms with Crippen LogP contribution in [0.15, 0.2) is 41.5 Å². The number of aliphatic imine (C=N–C) groups is 1. The molecule has 1 aromatic heterocycles. The summed E-state index contributed by atoms with van der Waals surface area (Å²) >= 11 is 0. The molecule has 0 amide bonds. The van der Waals surface area contributed by atoms with E-state index in [1.54, 1.807) is 6.20 Å². The van der Waals surface area contributed by atoms with Crippen LogP contribution in [0.2, 0.25) is 0 Å². The van der Waals surface area contributed by atoms with Gasteiger partial charge in [0, 0.05) is 45.2 Å². The zero-order chi connectivity index (χ0) is 19.8. The van der Waals surface area contributed by atoms with E-state index in [1.807, 2.05) is 17.8 Å². The molecule has 8 heteroatoms. The number of hydrogen-bond acceptors (Lipinski definition) is 4. The molecule has 0 aliphatic carbocycles. The lowest BCUT2D eigenvalue weighted by atomic mass is 9.97. The Labute approximate surface area is 190 Å². The van der Waals surface area contributed by atoms with Crippen molar-refractivity contribution in [1.82, 2.24) is 20.4 Å². The van der Waals surface area contributed by atoms with Gasteiger partial charge in [-0.25, -0.2) is 4.99 Å². The second-order valence-electron chi connectivity index (χ2n) is 7.27. The van der Waals surface area contributed by atoms with Gasteiger partial charge in [-0.2, -0.15) is 5.10 Å². The summed E-state index contributed by atoms with van der Waals surface area (Å²) in [6.07, 6.45) is 3.93. The lowest BCUT2D eigenvalue weighted by Crippen LogP contribution is -2.37. The lowest BCUT2D eigenvalue weighted by molar-refractivity contribution is 0.203. The first-order valence-electron chi connectivity index (χ1n) is 10.1. The van der Waals surface area contributed by atoms with Crippen LogP contribution in [0, 0.1) is 5.92 Å². The molecule has 2 heterocycles. The molecule has 2 aromatic rings. The number of benzene rings is 1. The number of guanidine groups is 1. The number of aryl methyl sites for hydroxylation is 1. The molecule has 7 nitrogen and oxygen atoms in total. The van der Waals surface area contributed by atoms with Crippen LogP contribution in [-0.2, 0) is 20.1 Å². The van der Waals surface area contributed by atoms with Crippen molar-refractivity contribution in [1.29, 1.82) is 0 Å². The minimum atomic E-state index is 0. The molecule has 1 aliphatic rings. The topological polar surface area (TPSA) is 77.7 Å². The molecule has 3 rings (SSSR count). The molecule has 3 N–H and O–H groups in total. The van der Waals surface area contributed by atoms with Gasteiger partial charge in [0.2, 0.25) is 0 Å². The summed E-state index contributed by atoms with van der Waals surface area (Å²) in [5.74, 6) is 1.27. The van der Waals surface area contributed by atoms with Crippen molar-refractivity contribution in [2.75, 3.05) is 31.1 Å². The van der Waals surface area contributed by atoms with E-state index in [1.165, 1.54) is 11.3 Å². The Morgan fingerprint density at radius 2 is 1.90 bits per heavy atom. The summed E-state index contributed by atoms with van der Waals surface area (Å²) in [6.45, 7) is 6.55. The fraction of sp³-hybridized carbons (Fsp3) is 0.524. The van der Waals surface area contributed by atoms with Crippen molar-refractivity contribution < 1.29 is 5.11 Å². The maximum atomic E-state index is 9.29. The Morgan fingerprint density at radius 1 is 1.17 bits per heavy atom. The van der Waals surface area contributed by atoms with Gasteiger partial charge < -0.3 is 20.6 Å². The van der Waals surface area contributed by atoms with Gasteiger partial charge in [0.25, 0.3) is 0 Å². The molecule has 0 unspecified atom stereocenters. The second-order valence-corrected chi connectivity index (χ2v) is 7.27. The molecule has 0 saturated carbocycles. The fourth-order valence-electron chi connectivity index (χ4n) is 3.45. The molecule has 0 spiro atoms. The van der Waals surface area contributed by atoms with Crippen LogP contribution < -0.4 is 15.5 Å². The number of aromatic nitrogens is 2. The van der Waals surface area contributed by atoms with Crippen LogP contribution in [-0.4, -0.2) is 47.1 Å². The number of halogens is 1. The number of piperidine rings is 1. The van der Waals surface area contributed by atoms with Gasteiger partial charge in [-0.05, 0) is 49.4 Å². The third-order valence-electron chi connectivity index (χ3n) is 5.30. The van der Waals surface area contributed by atoms with Gasteiger partial charge >= 0.3 is 0 Å². The number of hydrogen-bond donors (Lipinski definition) is 3. The Hall–Kier alpha value is -1.81. The normalized spacial score (nSPS) is 15.1. The SMILES string of the molecule is CCNC(=NCc1ccc(N2CCC(CO)CC2)cc1)NCc1ccnn1C.I. The van der Waals surface area contributed by atoms with E-state index in [-0.39, 0.29) is 24.0 Å². The largest absolute Gasteiger partial charge is 0.396 e. The Bertz CT molecular complexity index is 753. The average Bonchev–Trinajstić information content (AvgIpc) is 3.15. The highest BCUT2D eigenvalue weighted by molar-refractivity contribution is 14.0. The standard InChI is InChI=1S/C21H32N6O.HI/c1-3-22-21(24-15-20-8-11-25-26(20)2)23-14-17-4-6-19(7-5-17)27-12-9-18(16-28)10-13-27;/h4-8,11,18,28H,3,9-10,12-16H2,1-2H3,(H2,22,23,24);1H. The van der Waals surface area contributed by atoms with E-state index in [0.29, 0.717) is 25.6 Å². The maximum absolute atomic E-state index is 9.29. The van der Waals surface area contributed by atoms with Crippen molar-refractivity contribution in [2.45, 2.75) is 32.9 Å². The minimum Gasteiger partial charge on any atom is -0.396 e. The number of nitrogens with zero attached hydrogens (tertiary/aromatic N) is 4. The van der Waals surface area contributed by atoms with Crippen LogP contribution in [0.4, 0.5) is 5.69 Å². The monoisotopic (exact) mass is 512 g/mol. The van der Waals surface area contributed by atoms with E-state index < -0.39 is 0 Å². The third-order valence-corrected chi connectivity index (χ3v) is 5.30. The van der Waals surface area contributed by atoms with Gasteiger partial charge in [0.05, 0.1) is 18.8 Å². The predicted octanol–water partition coefficient (Wildman–Crippen LogP) is 2.50. The number of rotatable bonds is 7. The molecule has 160 valence electrons. The van der Waals surface area contributed by atoms with Gasteiger partial charge in [-0.1, -0.05) is 12.1 Å². The van der Waals surface area contributed by atoms with Crippen molar-refractivity contribution in [2.24, 2.45) is 18.0 Å². The molecule has 1 aromatic carbocycles. The molecular formula is C21H33IN6O. The zero-order valence-corrected chi connectivity index (χ0v) is 19.7. The van der Waals surface area contributed by atoms with E-state index in [0.717, 1.165) is 44.1 Å². The Morgan fingerprint density at radius 3 is 2.48 bits per heavy atom. The number of aliphatic hydroxyl groups excluding tert-OH is 1. The highest BCUT2D eigenvalue weighted by atomic mass is 127. The van der Waals surface area contributed by atoms with Crippen LogP contribution in [0.3, 0.4) is 0 Å². The predicted molar refractivity (Wildman–Crippen MR) is 129 cm³/mol. The first kappa shape index (κ1) is 23.5. The lowest BCUT2D eigenvalue weighted by Gasteiger charge is -2.32. The Kier molecular flexibility index (Phi) is 9.72. The van der Waals surface area contributed by atoms with Crippen LogP contribution >= 0.6 is 24.0 Å². The molecule has 1 saturated heterocycles. The van der Waals surface area contributed by atoms with E-state index in [4.69, 9.17) is 4.99 Å². The van der Waals surface area contributed by atoms with E-state index in [9.17, 15) is 5.11 Å². The summed E-state index contributed by atoms with van der Waals surface area (Å²) in [6, 6.07) is 10.7. The van der Waals surface area contributed by atoms with Crippen molar-refractivity contribution in [3.63, 3.8) is 0 Å². The number of aliphatic hydroxyl groups is 1. The van der Waals surface area contributed by atoms with Crippen LogP contribution in [0.1, 0.15) is 31.0 Å². The maximum Gasteiger partial charge on any atom is 0.191 e. The highest BCUT2D eigenvalue weighted by Gasteiger charge is 2.18. The van der Waals surface area contributed by atoms with Gasteiger partial charge in [0.15, 0.2) is 5.96 Å². The number of anilines is 1. The van der Waals surface area contributed by atoms with Crippen LogP contribution in [0.5, 0.6) is 0 Å². The van der Waals surface area contributed by atoms with Gasteiger partial charge in [-0.15, -0.1) is 24.0 Å². The first-order valence-corrected chi connectivity index (χ1v) is 10.1. The highest BCUT2D eigenvalue weighted by Crippen LogP contribution is 2.23. The minimum absolute atomic E-state index is 0. The second kappa shape index (κ2) is 12.0. The van der Waals surface area contributed by atoms with E-state index >= 15 is 0 Å². The summed E-state index contributed by atoms with van der Waals surface area (Å²) in [5, 5.41) is 20.1. The Balaban J connectivity index is 0.00000300. The van der Waals surface area contributed by atoms with Gasteiger partial charge in [0.1, 0.15) is 0 Å². The van der Waals surface area contributed by atoms with Crippen LogP contribution in [0.25, 0.3) is 0 Å². The molecule has 0 bridgehead atoms. The smallest absolute Gasteiger partial charge is 0.191 e. The first-order chi connectivity index (χ1) is 13.7. The summed E-state index contributed by atoms with van der Waals surface area (Å²) < 4.78 is 1.86.